The Bertz CT molecular complexity index is 872. The van der Waals surface area contributed by atoms with Crippen LogP contribution in [0.1, 0.15) is 0 Å². The Morgan fingerprint density at radius 1 is 1.29 bits per heavy atom. The van der Waals surface area contributed by atoms with Gasteiger partial charge < -0.3 is 9.84 Å². The Morgan fingerprint density at radius 2 is 2.00 bits per heavy atom. The molecule has 128 valence electrons. The molecule has 0 saturated heterocycles. The van der Waals surface area contributed by atoms with Crippen LogP contribution in [0.15, 0.2) is 51.8 Å². The summed E-state index contributed by atoms with van der Waals surface area (Å²) in [6.45, 7) is -0.799. The first kappa shape index (κ1) is 18.2. The second kappa shape index (κ2) is 7.18. The van der Waals surface area contributed by atoms with E-state index >= 15 is 0 Å². The van der Waals surface area contributed by atoms with Gasteiger partial charge in [-0.05, 0) is 36.4 Å². The first-order valence-corrected chi connectivity index (χ1v) is 8.82. The van der Waals surface area contributed by atoms with Gasteiger partial charge in [-0.1, -0.05) is 22.0 Å². The maximum Gasteiger partial charge on any atom is 0.324 e. The number of ether oxygens (including phenoxy) is 1. The second-order valence-corrected chi connectivity index (χ2v) is 7.46. The van der Waals surface area contributed by atoms with Crippen LogP contribution in [-0.2, 0) is 14.8 Å². The minimum absolute atomic E-state index is 0.110. The number of sulfonamides is 1. The lowest BCUT2D eigenvalue weighted by molar-refractivity contribution is -0.135. The molecule has 0 amide bonds. The molecule has 9 heteroatoms. The number of anilines is 1. The molecule has 2 rings (SSSR count). The van der Waals surface area contributed by atoms with Gasteiger partial charge in [0.15, 0.2) is 11.6 Å². The fourth-order valence-corrected chi connectivity index (χ4v) is 3.81. The highest BCUT2D eigenvalue weighted by molar-refractivity contribution is 9.10. The molecule has 0 fully saturated rings. The average molecular weight is 418 g/mol. The van der Waals surface area contributed by atoms with Crippen molar-refractivity contribution in [3.63, 3.8) is 0 Å². The number of carbonyl (C=O) groups is 1. The van der Waals surface area contributed by atoms with Gasteiger partial charge in [0, 0.05) is 4.47 Å². The van der Waals surface area contributed by atoms with Crippen LogP contribution in [0, 0.1) is 5.82 Å². The van der Waals surface area contributed by atoms with Crippen LogP contribution in [0.25, 0.3) is 0 Å². The summed E-state index contributed by atoms with van der Waals surface area (Å²) in [6, 6.07) is 9.26. The zero-order valence-electron chi connectivity index (χ0n) is 12.4. The largest absolute Gasteiger partial charge is 0.494 e. The summed E-state index contributed by atoms with van der Waals surface area (Å²) in [5, 5.41) is 9.05. The fourth-order valence-electron chi connectivity index (χ4n) is 2.00. The molecule has 0 aliphatic carbocycles. The molecule has 0 radical (unpaired) electrons. The van der Waals surface area contributed by atoms with Crippen LogP contribution in [-0.4, -0.2) is 33.1 Å². The van der Waals surface area contributed by atoms with Gasteiger partial charge in [0.1, 0.15) is 6.54 Å². The maximum absolute atomic E-state index is 13.8. The zero-order valence-corrected chi connectivity index (χ0v) is 14.8. The van der Waals surface area contributed by atoms with Crippen LogP contribution in [0.2, 0.25) is 0 Å². The third-order valence-electron chi connectivity index (χ3n) is 3.09. The van der Waals surface area contributed by atoms with Crippen LogP contribution < -0.4 is 9.04 Å². The monoisotopic (exact) mass is 417 g/mol. The van der Waals surface area contributed by atoms with Crippen molar-refractivity contribution in [2.45, 2.75) is 4.90 Å². The first-order chi connectivity index (χ1) is 11.3. The topological polar surface area (TPSA) is 83.9 Å². The molecule has 2 aromatic rings. The molecular weight excluding hydrogens is 405 g/mol. The predicted octanol–water partition coefficient (Wildman–Crippen LogP) is 2.88. The number of halogens is 2. The van der Waals surface area contributed by atoms with Gasteiger partial charge in [0.2, 0.25) is 0 Å². The van der Waals surface area contributed by atoms with Crippen molar-refractivity contribution in [2.75, 3.05) is 18.0 Å². The molecule has 0 bridgehead atoms. The van der Waals surface area contributed by atoms with E-state index in [-0.39, 0.29) is 16.3 Å². The van der Waals surface area contributed by atoms with Crippen molar-refractivity contribution in [1.82, 2.24) is 0 Å². The summed E-state index contributed by atoms with van der Waals surface area (Å²) >= 11 is 3.20. The Labute approximate surface area is 146 Å². The molecule has 24 heavy (non-hydrogen) atoms. The lowest BCUT2D eigenvalue weighted by Crippen LogP contribution is -2.35. The van der Waals surface area contributed by atoms with E-state index in [4.69, 9.17) is 9.84 Å². The highest BCUT2D eigenvalue weighted by atomic mass is 79.9. The summed E-state index contributed by atoms with van der Waals surface area (Å²) in [5.41, 5.74) is 0.142. The van der Waals surface area contributed by atoms with E-state index in [1.807, 2.05) is 0 Å². The van der Waals surface area contributed by atoms with E-state index in [1.54, 1.807) is 12.1 Å². The Balaban J connectivity index is 2.55. The maximum atomic E-state index is 13.8. The molecule has 2 aromatic carbocycles. The van der Waals surface area contributed by atoms with E-state index in [1.165, 1.54) is 25.3 Å². The molecular formula is C15H13BrFNO5S. The lowest BCUT2D eigenvalue weighted by Gasteiger charge is -2.23. The number of hydrogen-bond donors (Lipinski definition) is 1. The molecule has 0 atom stereocenters. The first-order valence-electron chi connectivity index (χ1n) is 6.59. The summed E-state index contributed by atoms with van der Waals surface area (Å²) < 4.78 is 45.4. The Morgan fingerprint density at radius 3 is 2.54 bits per heavy atom. The molecule has 6 nitrogen and oxygen atoms in total. The number of rotatable bonds is 6. The summed E-state index contributed by atoms with van der Waals surface area (Å²) in [5.74, 6) is -2.31. The zero-order chi connectivity index (χ0) is 17.9. The van der Waals surface area contributed by atoms with Gasteiger partial charge in [0.05, 0.1) is 17.7 Å². The second-order valence-electron chi connectivity index (χ2n) is 4.68. The molecule has 0 aliphatic heterocycles. The van der Waals surface area contributed by atoms with E-state index in [9.17, 15) is 17.6 Å². The van der Waals surface area contributed by atoms with Gasteiger partial charge in [-0.15, -0.1) is 0 Å². The van der Waals surface area contributed by atoms with E-state index in [2.05, 4.69) is 15.9 Å². The number of carboxylic acids is 1. The number of methoxy groups -OCH3 is 1. The third-order valence-corrected chi connectivity index (χ3v) is 5.35. The van der Waals surface area contributed by atoms with Crippen LogP contribution in [0.5, 0.6) is 5.75 Å². The predicted molar refractivity (Wildman–Crippen MR) is 89.3 cm³/mol. The smallest absolute Gasteiger partial charge is 0.324 e. The van der Waals surface area contributed by atoms with Gasteiger partial charge in [0.25, 0.3) is 10.0 Å². The Hall–Kier alpha value is -2.13. The van der Waals surface area contributed by atoms with Gasteiger partial charge in [-0.2, -0.15) is 0 Å². The highest BCUT2D eigenvalue weighted by Gasteiger charge is 2.28. The lowest BCUT2D eigenvalue weighted by atomic mass is 10.3. The number of aliphatic carboxylic acids is 1. The number of hydrogen-bond acceptors (Lipinski definition) is 4. The fraction of sp³-hybridized carbons (Fsp3) is 0.133. The molecule has 0 aliphatic rings. The highest BCUT2D eigenvalue weighted by Crippen LogP contribution is 2.28. The van der Waals surface area contributed by atoms with Crippen molar-refractivity contribution in [3.05, 3.63) is 52.8 Å². The normalized spacial score (nSPS) is 11.1. The number of carboxylic acid groups (broad SMARTS) is 1. The number of nitrogens with zero attached hydrogens (tertiary/aromatic N) is 1. The van der Waals surface area contributed by atoms with Gasteiger partial charge in [-0.3, -0.25) is 9.10 Å². The number of benzene rings is 2. The molecule has 0 aromatic heterocycles. The van der Waals surface area contributed by atoms with Crippen LogP contribution in [0.4, 0.5) is 10.1 Å². The van der Waals surface area contributed by atoms with Crippen molar-refractivity contribution in [3.8, 4) is 5.75 Å². The molecule has 0 saturated carbocycles. The van der Waals surface area contributed by atoms with E-state index < -0.39 is 28.4 Å². The van der Waals surface area contributed by atoms with Crippen molar-refractivity contribution in [1.29, 1.82) is 0 Å². The Kier molecular flexibility index (Phi) is 5.45. The summed E-state index contributed by atoms with van der Waals surface area (Å²) in [6.07, 6.45) is 0. The van der Waals surface area contributed by atoms with Crippen LogP contribution >= 0.6 is 15.9 Å². The minimum Gasteiger partial charge on any atom is -0.494 e. The van der Waals surface area contributed by atoms with Crippen LogP contribution in [0.3, 0.4) is 0 Å². The minimum atomic E-state index is -4.28. The van der Waals surface area contributed by atoms with Crippen molar-refractivity contribution < 1.29 is 27.4 Å². The summed E-state index contributed by atoms with van der Waals surface area (Å²) in [7, 11) is -3.02. The van der Waals surface area contributed by atoms with E-state index in [0.717, 1.165) is 12.1 Å². The molecule has 0 unspecified atom stereocenters. The third kappa shape index (κ3) is 3.85. The molecule has 0 spiro atoms. The van der Waals surface area contributed by atoms with Gasteiger partial charge in [-0.25, -0.2) is 12.8 Å². The molecule has 1 N–H and O–H groups in total. The summed E-state index contributed by atoms with van der Waals surface area (Å²) in [4.78, 5) is 10.7. The van der Waals surface area contributed by atoms with Crippen molar-refractivity contribution in [2.24, 2.45) is 0 Å². The standard InChI is InChI=1S/C15H13BrFNO5S/c1-23-14-6-5-12(8-13(14)17)24(21,22)18(9-15(19)20)11-4-2-3-10(16)7-11/h2-8H,9H2,1H3,(H,19,20). The molecule has 0 heterocycles. The average Bonchev–Trinajstić information content (AvgIpc) is 2.52. The van der Waals surface area contributed by atoms with E-state index in [0.29, 0.717) is 8.78 Å². The quantitative estimate of drug-likeness (QED) is 0.780. The van der Waals surface area contributed by atoms with Gasteiger partial charge >= 0.3 is 5.97 Å². The SMILES string of the molecule is COc1ccc(S(=O)(=O)N(CC(=O)O)c2cccc(Br)c2)cc1F. The van der Waals surface area contributed by atoms with Crippen molar-refractivity contribution >= 4 is 37.6 Å².